The van der Waals surface area contributed by atoms with E-state index >= 15 is 0 Å². The van der Waals surface area contributed by atoms with E-state index in [1.165, 1.54) is 4.80 Å². The normalized spacial score (nSPS) is 10.6. The molecule has 0 saturated carbocycles. The number of anilines is 1. The Morgan fingerprint density at radius 2 is 2.06 bits per heavy atom. The quantitative estimate of drug-likeness (QED) is 0.806. The Kier molecular flexibility index (Phi) is 4.25. The van der Waals surface area contributed by atoms with Gasteiger partial charge in [-0.15, -0.1) is 10.2 Å². The third-order valence-electron chi connectivity index (χ3n) is 2.64. The fraction of sp³-hybridized carbons (Fsp3) is 0.417. The lowest BCUT2D eigenvalue weighted by Crippen LogP contribution is -2.26. The maximum atomic E-state index is 5.58. The van der Waals surface area contributed by atoms with Gasteiger partial charge in [0.05, 0.1) is 13.6 Å². The summed E-state index contributed by atoms with van der Waals surface area (Å²) in [5, 5.41) is 12.1. The summed E-state index contributed by atoms with van der Waals surface area (Å²) in [6, 6.07) is 10.2. The molecule has 0 bridgehead atoms. The SMILES string of the molecule is Cn1nnc(CN(CCCN)c2ccccc2)n1. The van der Waals surface area contributed by atoms with Crippen LogP contribution in [0.3, 0.4) is 0 Å². The van der Waals surface area contributed by atoms with Gasteiger partial charge in [-0.3, -0.25) is 0 Å². The first kappa shape index (κ1) is 12.5. The number of tetrazole rings is 1. The average molecular weight is 246 g/mol. The van der Waals surface area contributed by atoms with Gasteiger partial charge >= 0.3 is 0 Å². The van der Waals surface area contributed by atoms with Crippen LogP contribution in [0.5, 0.6) is 0 Å². The molecule has 2 rings (SSSR count). The largest absolute Gasteiger partial charge is 0.364 e. The van der Waals surface area contributed by atoms with E-state index < -0.39 is 0 Å². The van der Waals surface area contributed by atoms with Gasteiger partial charge in [-0.1, -0.05) is 18.2 Å². The van der Waals surface area contributed by atoms with Gasteiger partial charge in [0, 0.05) is 12.2 Å². The van der Waals surface area contributed by atoms with Gasteiger partial charge in [-0.05, 0) is 30.3 Å². The van der Waals surface area contributed by atoms with Crippen molar-refractivity contribution in [2.75, 3.05) is 18.0 Å². The van der Waals surface area contributed by atoms with Crippen LogP contribution in [-0.4, -0.2) is 33.3 Å². The Morgan fingerprint density at radius 3 is 2.67 bits per heavy atom. The number of para-hydroxylation sites is 1. The molecular formula is C12H18N6. The molecule has 0 spiro atoms. The smallest absolute Gasteiger partial charge is 0.193 e. The maximum absolute atomic E-state index is 5.58. The monoisotopic (exact) mass is 246 g/mol. The highest BCUT2D eigenvalue weighted by molar-refractivity contribution is 5.45. The summed E-state index contributed by atoms with van der Waals surface area (Å²) in [4.78, 5) is 3.69. The first-order chi connectivity index (χ1) is 8.79. The number of aryl methyl sites for hydroxylation is 1. The van der Waals surface area contributed by atoms with Crippen molar-refractivity contribution in [3.63, 3.8) is 0 Å². The van der Waals surface area contributed by atoms with Crippen LogP contribution in [0.4, 0.5) is 5.69 Å². The predicted molar refractivity (Wildman–Crippen MR) is 70.0 cm³/mol. The fourth-order valence-corrected chi connectivity index (χ4v) is 1.78. The van der Waals surface area contributed by atoms with Gasteiger partial charge < -0.3 is 10.6 Å². The van der Waals surface area contributed by atoms with Crippen molar-refractivity contribution in [1.29, 1.82) is 0 Å². The molecule has 96 valence electrons. The lowest BCUT2D eigenvalue weighted by Gasteiger charge is -2.22. The number of benzene rings is 1. The van der Waals surface area contributed by atoms with Crippen LogP contribution in [0.2, 0.25) is 0 Å². The van der Waals surface area contributed by atoms with Gasteiger partial charge in [0.15, 0.2) is 5.82 Å². The van der Waals surface area contributed by atoms with E-state index in [1.54, 1.807) is 7.05 Å². The molecule has 2 N–H and O–H groups in total. The molecule has 0 aliphatic carbocycles. The Bertz CT molecular complexity index is 466. The molecule has 0 saturated heterocycles. The second-order valence-corrected chi connectivity index (χ2v) is 4.09. The van der Waals surface area contributed by atoms with Crippen molar-refractivity contribution < 1.29 is 0 Å². The number of hydrogen-bond donors (Lipinski definition) is 1. The minimum Gasteiger partial charge on any atom is -0.364 e. The summed E-state index contributed by atoms with van der Waals surface area (Å²) >= 11 is 0. The molecule has 1 heterocycles. The van der Waals surface area contributed by atoms with E-state index in [2.05, 4.69) is 32.4 Å². The van der Waals surface area contributed by atoms with Crippen LogP contribution < -0.4 is 10.6 Å². The van der Waals surface area contributed by atoms with E-state index in [-0.39, 0.29) is 0 Å². The first-order valence-corrected chi connectivity index (χ1v) is 6.02. The molecule has 0 atom stereocenters. The lowest BCUT2D eigenvalue weighted by atomic mass is 10.2. The highest BCUT2D eigenvalue weighted by atomic mass is 15.6. The standard InChI is InChI=1S/C12H18N6/c1-17-15-12(14-16-17)10-18(9-5-8-13)11-6-3-2-4-7-11/h2-4,6-7H,5,8-10,13H2,1H3. The zero-order chi connectivity index (χ0) is 12.8. The molecule has 0 unspecified atom stereocenters. The van der Waals surface area contributed by atoms with E-state index in [9.17, 15) is 0 Å². The highest BCUT2D eigenvalue weighted by Crippen LogP contribution is 2.15. The number of nitrogens with zero attached hydrogens (tertiary/aromatic N) is 5. The summed E-state index contributed by atoms with van der Waals surface area (Å²) in [5.41, 5.74) is 6.73. The van der Waals surface area contributed by atoms with Crippen LogP contribution in [0, 0.1) is 0 Å². The van der Waals surface area contributed by atoms with E-state index in [4.69, 9.17) is 5.73 Å². The van der Waals surface area contributed by atoms with Gasteiger partial charge in [0.1, 0.15) is 0 Å². The van der Waals surface area contributed by atoms with E-state index in [1.807, 2.05) is 18.2 Å². The van der Waals surface area contributed by atoms with Crippen molar-refractivity contribution in [1.82, 2.24) is 20.2 Å². The number of hydrogen-bond acceptors (Lipinski definition) is 5. The number of nitrogens with two attached hydrogens (primary N) is 1. The molecule has 6 nitrogen and oxygen atoms in total. The van der Waals surface area contributed by atoms with Crippen LogP contribution in [0.1, 0.15) is 12.2 Å². The van der Waals surface area contributed by atoms with Crippen molar-refractivity contribution >= 4 is 5.69 Å². The predicted octanol–water partition coefficient (Wildman–Crippen LogP) is 0.565. The molecule has 0 amide bonds. The minimum absolute atomic E-state index is 0.651. The zero-order valence-electron chi connectivity index (χ0n) is 10.5. The highest BCUT2D eigenvalue weighted by Gasteiger charge is 2.09. The van der Waals surface area contributed by atoms with Crippen LogP contribution >= 0.6 is 0 Å². The second kappa shape index (κ2) is 6.11. The van der Waals surface area contributed by atoms with Crippen molar-refractivity contribution in [3.8, 4) is 0 Å². The van der Waals surface area contributed by atoms with Crippen molar-refractivity contribution in [3.05, 3.63) is 36.2 Å². The molecule has 0 aliphatic heterocycles. The second-order valence-electron chi connectivity index (χ2n) is 4.09. The number of aromatic nitrogens is 4. The molecule has 2 aromatic rings. The maximum Gasteiger partial charge on any atom is 0.193 e. The zero-order valence-corrected chi connectivity index (χ0v) is 10.5. The van der Waals surface area contributed by atoms with Crippen LogP contribution in [0.25, 0.3) is 0 Å². The fourth-order valence-electron chi connectivity index (χ4n) is 1.78. The lowest BCUT2D eigenvalue weighted by molar-refractivity contribution is 0.625. The molecule has 1 aromatic carbocycles. The van der Waals surface area contributed by atoms with Gasteiger partial charge in [0.25, 0.3) is 0 Å². The molecule has 6 heteroatoms. The third kappa shape index (κ3) is 3.27. The number of rotatable bonds is 6. The molecular weight excluding hydrogens is 228 g/mol. The minimum atomic E-state index is 0.651. The molecule has 0 radical (unpaired) electrons. The Hall–Kier alpha value is -1.95. The van der Waals surface area contributed by atoms with Gasteiger partial charge in [-0.2, -0.15) is 4.80 Å². The van der Waals surface area contributed by atoms with Crippen LogP contribution in [-0.2, 0) is 13.6 Å². The third-order valence-corrected chi connectivity index (χ3v) is 2.64. The summed E-state index contributed by atoms with van der Waals surface area (Å²) in [5.74, 6) is 0.721. The summed E-state index contributed by atoms with van der Waals surface area (Å²) in [7, 11) is 1.77. The van der Waals surface area contributed by atoms with Gasteiger partial charge in [0.2, 0.25) is 0 Å². The Balaban J connectivity index is 2.10. The molecule has 18 heavy (non-hydrogen) atoms. The van der Waals surface area contributed by atoms with E-state index in [0.717, 1.165) is 24.5 Å². The first-order valence-electron chi connectivity index (χ1n) is 6.02. The van der Waals surface area contributed by atoms with Crippen molar-refractivity contribution in [2.45, 2.75) is 13.0 Å². The Morgan fingerprint density at radius 1 is 1.28 bits per heavy atom. The molecule has 1 aromatic heterocycles. The molecule has 0 aliphatic rings. The van der Waals surface area contributed by atoms with Crippen LogP contribution in [0.15, 0.2) is 30.3 Å². The summed E-state index contributed by atoms with van der Waals surface area (Å²) < 4.78 is 0. The summed E-state index contributed by atoms with van der Waals surface area (Å²) in [6.45, 7) is 2.22. The van der Waals surface area contributed by atoms with Crippen molar-refractivity contribution in [2.24, 2.45) is 12.8 Å². The topological polar surface area (TPSA) is 72.9 Å². The summed E-state index contributed by atoms with van der Waals surface area (Å²) in [6.07, 6.45) is 0.940. The molecule has 0 fully saturated rings. The van der Waals surface area contributed by atoms with E-state index in [0.29, 0.717) is 13.1 Å². The average Bonchev–Trinajstić information content (AvgIpc) is 2.81. The Labute approximate surface area is 106 Å². The van der Waals surface area contributed by atoms with Gasteiger partial charge in [-0.25, -0.2) is 0 Å².